The van der Waals surface area contributed by atoms with Gasteiger partial charge in [0.2, 0.25) is 0 Å². The van der Waals surface area contributed by atoms with Crippen LogP contribution in [-0.2, 0) is 0 Å². The Balaban J connectivity index is 1.76. The summed E-state index contributed by atoms with van der Waals surface area (Å²) < 4.78 is 0. The van der Waals surface area contributed by atoms with Gasteiger partial charge in [-0.15, -0.1) is 0 Å². The highest BCUT2D eigenvalue weighted by molar-refractivity contribution is 5.38. The molecule has 3 rings (SSSR count). The van der Waals surface area contributed by atoms with Gasteiger partial charge in [0.1, 0.15) is 0 Å². The van der Waals surface area contributed by atoms with Gasteiger partial charge in [0.05, 0.1) is 18.8 Å². The summed E-state index contributed by atoms with van der Waals surface area (Å²) in [5.41, 5.74) is 4.62. The zero-order chi connectivity index (χ0) is 21.9. The van der Waals surface area contributed by atoms with Crippen LogP contribution in [0.25, 0.3) is 0 Å². The highest BCUT2D eigenvalue weighted by Crippen LogP contribution is 2.59. The van der Waals surface area contributed by atoms with E-state index in [0.29, 0.717) is 36.0 Å². The van der Waals surface area contributed by atoms with Crippen LogP contribution in [0, 0.1) is 23.2 Å². The minimum Gasteiger partial charge on any atom is -0.393 e. The topological polar surface area (TPSA) is 60.7 Å². The molecule has 166 valence electrons. The van der Waals surface area contributed by atoms with E-state index in [-0.39, 0.29) is 6.61 Å². The monoisotopic (exact) mass is 412 g/mol. The molecule has 3 nitrogen and oxygen atoms in total. The molecule has 0 saturated heterocycles. The van der Waals surface area contributed by atoms with E-state index in [1.807, 2.05) is 13.0 Å². The standard InChI is InChI=1S/C27H40O3/c1-18(17-28)7-5-8-19(2)24-12-13-25-21(9-6-14-27(24,25)4)10-11-22-15-23(29)16-26(30)20(22)3/h5,7-8,10-11,19,23-26,28-30H,3,6,9,12-17H2,1-2,4H3/b8-5+,18-7-,21-10+,22-11-/t19-,23+,24+,25-,26-,27+/m0/s1. The van der Waals surface area contributed by atoms with Gasteiger partial charge in [0.25, 0.3) is 0 Å². The number of hydrogen-bond acceptors (Lipinski definition) is 3. The van der Waals surface area contributed by atoms with E-state index in [9.17, 15) is 15.3 Å². The quantitative estimate of drug-likeness (QED) is 0.540. The highest BCUT2D eigenvalue weighted by atomic mass is 16.3. The summed E-state index contributed by atoms with van der Waals surface area (Å²) in [5, 5.41) is 29.3. The molecule has 3 saturated carbocycles. The lowest BCUT2D eigenvalue weighted by atomic mass is 9.61. The molecular weight excluding hydrogens is 372 g/mol. The van der Waals surface area contributed by atoms with Gasteiger partial charge >= 0.3 is 0 Å². The minimum absolute atomic E-state index is 0.117. The van der Waals surface area contributed by atoms with E-state index in [4.69, 9.17) is 0 Å². The van der Waals surface area contributed by atoms with Crippen LogP contribution in [0.5, 0.6) is 0 Å². The summed E-state index contributed by atoms with van der Waals surface area (Å²) in [7, 11) is 0. The van der Waals surface area contributed by atoms with Crippen LogP contribution < -0.4 is 0 Å². The number of allylic oxidation sites excluding steroid dienone is 6. The van der Waals surface area contributed by atoms with Gasteiger partial charge in [-0.05, 0) is 85.3 Å². The third-order valence-electron chi connectivity index (χ3n) is 7.98. The summed E-state index contributed by atoms with van der Waals surface area (Å²) in [4.78, 5) is 0. The predicted octanol–water partition coefficient (Wildman–Crippen LogP) is 5.26. The molecule has 0 aromatic rings. The highest BCUT2D eigenvalue weighted by Gasteiger charge is 2.50. The van der Waals surface area contributed by atoms with E-state index >= 15 is 0 Å². The van der Waals surface area contributed by atoms with Crippen LogP contribution in [0.1, 0.15) is 65.7 Å². The van der Waals surface area contributed by atoms with Gasteiger partial charge in [-0.2, -0.15) is 0 Å². The number of fused-ring (bicyclic) bond motifs is 1. The van der Waals surface area contributed by atoms with Crippen LogP contribution in [0.15, 0.2) is 59.3 Å². The van der Waals surface area contributed by atoms with Gasteiger partial charge in [-0.1, -0.05) is 56.4 Å². The number of aliphatic hydroxyl groups is 3. The summed E-state index contributed by atoms with van der Waals surface area (Å²) >= 11 is 0. The number of hydrogen-bond donors (Lipinski definition) is 3. The van der Waals surface area contributed by atoms with E-state index in [2.05, 4.69) is 44.7 Å². The first kappa shape index (κ1) is 23.2. The SMILES string of the molecule is C=C1/C(=C\C=C2/CCC[C@]3(C)[C@@H]([C@@H](C)/C=C/C=C(/C)CO)CC[C@@H]23)C[C@@H](O)C[C@@H]1O. The van der Waals surface area contributed by atoms with Crippen molar-refractivity contribution in [2.75, 3.05) is 6.61 Å². The Bertz CT molecular complexity index is 756. The first-order chi connectivity index (χ1) is 14.3. The van der Waals surface area contributed by atoms with Crippen LogP contribution >= 0.6 is 0 Å². The molecule has 0 unspecified atom stereocenters. The fourth-order valence-corrected chi connectivity index (χ4v) is 6.19. The molecule has 0 spiro atoms. The van der Waals surface area contributed by atoms with Crippen molar-refractivity contribution in [3.63, 3.8) is 0 Å². The average Bonchev–Trinajstić information content (AvgIpc) is 3.06. The maximum atomic E-state index is 10.1. The molecular formula is C27H40O3. The maximum Gasteiger partial charge on any atom is 0.0811 e. The lowest BCUT2D eigenvalue weighted by Gasteiger charge is -2.44. The lowest BCUT2D eigenvalue weighted by Crippen LogP contribution is -2.35. The Morgan fingerprint density at radius 1 is 1.27 bits per heavy atom. The molecule has 0 radical (unpaired) electrons. The molecule has 3 aliphatic rings. The van der Waals surface area contributed by atoms with Gasteiger partial charge in [0.15, 0.2) is 0 Å². The van der Waals surface area contributed by atoms with E-state index in [1.165, 1.54) is 31.3 Å². The van der Waals surface area contributed by atoms with E-state index in [0.717, 1.165) is 23.1 Å². The largest absolute Gasteiger partial charge is 0.393 e. The summed E-state index contributed by atoms with van der Waals surface area (Å²) in [6, 6.07) is 0. The van der Waals surface area contributed by atoms with Crippen molar-refractivity contribution >= 4 is 0 Å². The maximum absolute atomic E-state index is 10.1. The number of rotatable bonds is 5. The Morgan fingerprint density at radius 2 is 2.03 bits per heavy atom. The van der Waals surface area contributed by atoms with Crippen molar-refractivity contribution in [1.82, 2.24) is 0 Å². The molecule has 3 aliphatic carbocycles. The van der Waals surface area contributed by atoms with Crippen molar-refractivity contribution < 1.29 is 15.3 Å². The zero-order valence-corrected chi connectivity index (χ0v) is 19.0. The Labute approximate surface area is 182 Å². The zero-order valence-electron chi connectivity index (χ0n) is 19.0. The van der Waals surface area contributed by atoms with Crippen LogP contribution in [0.4, 0.5) is 0 Å². The van der Waals surface area contributed by atoms with Gasteiger partial charge in [0, 0.05) is 6.42 Å². The van der Waals surface area contributed by atoms with Crippen molar-refractivity contribution in [2.45, 2.75) is 77.9 Å². The van der Waals surface area contributed by atoms with Crippen molar-refractivity contribution in [3.05, 3.63) is 59.3 Å². The second-order valence-corrected chi connectivity index (χ2v) is 10.1. The molecule has 3 fully saturated rings. The predicted molar refractivity (Wildman–Crippen MR) is 124 cm³/mol. The second-order valence-electron chi connectivity index (χ2n) is 10.1. The lowest BCUT2D eigenvalue weighted by molar-refractivity contribution is 0.0862. The third kappa shape index (κ3) is 4.90. The van der Waals surface area contributed by atoms with E-state index in [1.54, 1.807) is 0 Å². The van der Waals surface area contributed by atoms with E-state index < -0.39 is 12.2 Å². The summed E-state index contributed by atoms with van der Waals surface area (Å²) in [5.74, 6) is 1.81. The molecule has 30 heavy (non-hydrogen) atoms. The average molecular weight is 413 g/mol. The first-order valence-electron chi connectivity index (χ1n) is 11.7. The minimum atomic E-state index is -0.623. The Kier molecular flexibility index (Phi) is 7.60. The van der Waals surface area contributed by atoms with Crippen molar-refractivity contribution in [3.8, 4) is 0 Å². The van der Waals surface area contributed by atoms with Gasteiger partial charge in [-0.25, -0.2) is 0 Å². The van der Waals surface area contributed by atoms with Crippen molar-refractivity contribution in [2.24, 2.45) is 23.2 Å². The molecule has 6 atom stereocenters. The second kappa shape index (κ2) is 9.80. The first-order valence-corrected chi connectivity index (χ1v) is 11.7. The van der Waals surface area contributed by atoms with Crippen molar-refractivity contribution in [1.29, 1.82) is 0 Å². The fraction of sp³-hybridized carbons (Fsp3) is 0.630. The van der Waals surface area contributed by atoms with Crippen LogP contribution in [0.2, 0.25) is 0 Å². The molecule has 0 heterocycles. The third-order valence-corrected chi connectivity index (χ3v) is 7.98. The molecule has 0 bridgehead atoms. The van der Waals surface area contributed by atoms with Gasteiger partial charge < -0.3 is 15.3 Å². The van der Waals surface area contributed by atoms with Gasteiger partial charge in [-0.3, -0.25) is 0 Å². The fourth-order valence-electron chi connectivity index (χ4n) is 6.19. The molecule has 3 heteroatoms. The van der Waals surface area contributed by atoms with Crippen LogP contribution in [-0.4, -0.2) is 34.1 Å². The smallest absolute Gasteiger partial charge is 0.0811 e. The normalized spacial score (nSPS) is 39.1. The molecule has 0 aromatic heterocycles. The number of aliphatic hydroxyl groups excluding tert-OH is 3. The molecule has 0 aromatic carbocycles. The van der Waals surface area contributed by atoms with Crippen LogP contribution in [0.3, 0.4) is 0 Å². The molecule has 0 amide bonds. The Morgan fingerprint density at radius 3 is 2.77 bits per heavy atom. The summed E-state index contributed by atoms with van der Waals surface area (Å²) in [6.45, 7) is 10.9. The molecule has 0 aliphatic heterocycles. The summed E-state index contributed by atoms with van der Waals surface area (Å²) in [6.07, 6.45) is 16.9. The Hall–Kier alpha value is -1.42. The molecule has 3 N–H and O–H groups in total.